The first-order chi connectivity index (χ1) is 10.4. The van der Waals surface area contributed by atoms with Crippen molar-refractivity contribution in [3.05, 3.63) is 41.5 Å². The van der Waals surface area contributed by atoms with Crippen molar-refractivity contribution in [1.82, 2.24) is 9.97 Å². The van der Waals surface area contributed by atoms with Crippen LogP contribution in [-0.4, -0.2) is 22.5 Å². The minimum Gasteiger partial charge on any atom is -0.466 e. The van der Waals surface area contributed by atoms with Gasteiger partial charge in [0.05, 0.1) is 24.8 Å². The van der Waals surface area contributed by atoms with Crippen LogP contribution in [0.5, 0.6) is 0 Å². The number of hydrogen-bond acceptors (Lipinski definition) is 5. The topological polar surface area (TPSA) is 78.1 Å². The fourth-order valence-electron chi connectivity index (χ4n) is 2.14. The van der Waals surface area contributed by atoms with Gasteiger partial charge in [0.15, 0.2) is 0 Å². The molecule has 116 valence electrons. The molecule has 0 unspecified atom stereocenters. The lowest BCUT2D eigenvalue weighted by Crippen LogP contribution is -2.11. The van der Waals surface area contributed by atoms with Crippen LogP contribution in [0.3, 0.4) is 0 Å². The predicted octanol–water partition coefficient (Wildman–Crippen LogP) is 2.42. The summed E-state index contributed by atoms with van der Waals surface area (Å²) in [6, 6.07) is 1.47. The number of carbonyl (C=O) groups is 1. The quantitative estimate of drug-likeness (QED) is 0.693. The van der Waals surface area contributed by atoms with Gasteiger partial charge in [0.2, 0.25) is 5.95 Å². The van der Waals surface area contributed by atoms with Gasteiger partial charge < -0.3 is 10.5 Å². The summed E-state index contributed by atoms with van der Waals surface area (Å²) in [5.41, 5.74) is 6.31. The Hall–Kier alpha value is -2.57. The molecule has 0 aliphatic carbocycles. The highest BCUT2D eigenvalue weighted by molar-refractivity contribution is 5.82. The van der Waals surface area contributed by atoms with Crippen molar-refractivity contribution in [2.24, 2.45) is 0 Å². The maximum absolute atomic E-state index is 14.1. The van der Waals surface area contributed by atoms with Gasteiger partial charge in [-0.25, -0.2) is 9.37 Å². The lowest BCUT2D eigenvalue weighted by atomic mass is 9.99. The number of nitrogens with zero attached hydrogens (tertiary/aromatic N) is 2. The van der Waals surface area contributed by atoms with Crippen molar-refractivity contribution in [2.75, 3.05) is 12.3 Å². The minimum absolute atomic E-state index is 0.0234. The molecule has 0 atom stereocenters. The number of aryl methyl sites for hydroxylation is 1. The molecule has 0 aliphatic rings. The Labute approximate surface area is 126 Å². The van der Waals surface area contributed by atoms with E-state index in [1.54, 1.807) is 13.8 Å². The second-order valence-corrected chi connectivity index (χ2v) is 4.65. The lowest BCUT2D eigenvalue weighted by molar-refractivity contribution is -0.142. The number of aromatic nitrogens is 2. The Morgan fingerprint density at radius 1 is 1.36 bits per heavy atom. The molecule has 22 heavy (non-hydrogen) atoms. The van der Waals surface area contributed by atoms with Gasteiger partial charge in [-0.3, -0.25) is 9.78 Å². The summed E-state index contributed by atoms with van der Waals surface area (Å²) in [6.07, 6.45) is 1.86. The lowest BCUT2D eigenvalue weighted by Gasteiger charge is -2.13. The third-order valence-corrected chi connectivity index (χ3v) is 3.03. The van der Waals surface area contributed by atoms with Crippen LogP contribution in [0.1, 0.15) is 18.2 Å². The Morgan fingerprint density at radius 2 is 2.09 bits per heavy atom. The number of nitrogen functional groups attached to an aromatic ring is 1. The van der Waals surface area contributed by atoms with E-state index >= 15 is 0 Å². The van der Waals surface area contributed by atoms with E-state index in [2.05, 4.69) is 9.97 Å². The average Bonchev–Trinajstić information content (AvgIpc) is 2.41. The first-order valence-corrected chi connectivity index (χ1v) is 6.65. The second-order valence-electron chi connectivity index (χ2n) is 4.65. The van der Waals surface area contributed by atoms with E-state index in [0.717, 1.165) is 6.20 Å². The van der Waals surface area contributed by atoms with E-state index < -0.39 is 17.7 Å². The van der Waals surface area contributed by atoms with E-state index in [1.165, 1.54) is 12.3 Å². The Balaban J connectivity index is 2.57. The predicted molar refractivity (Wildman–Crippen MR) is 76.9 cm³/mol. The first-order valence-electron chi connectivity index (χ1n) is 6.65. The van der Waals surface area contributed by atoms with Crippen molar-refractivity contribution >= 4 is 11.7 Å². The van der Waals surface area contributed by atoms with Gasteiger partial charge >= 0.3 is 5.97 Å². The van der Waals surface area contributed by atoms with Crippen LogP contribution in [0.4, 0.5) is 14.5 Å². The van der Waals surface area contributed by atoms with Crippen molar-refractivity contribution in [3.63, 3.8) is 0 Å². The molecule has 2 aromatic rings. The molecule has 7 heteroatoms. The number of carbonyl (C=O) groups excluding carboxylic acids is 1. The highest BCUT2D eigenvalue weighted by atomic mass is 19.1. The van der Waals surface area contributed by atoms with Gasteiger partial charge in [0, 0.05) is 28.7 Å². The molecule has 0 spiro atoms. The molecule has 2 heterocycles. The minimum atomic E-state index is -0.838. The number of anilines is 1. The summed E-state index contributed by atoms with van der Waals surface area (Å²) in [7, 11) is 0. The summed E-state index contributed by atoms with van der Waals surface area (Å²) in [4.78, 5) is 19.0. The van der Waals surface area contributed by atoms with E-state index in [-0.39, 0.29) is 35.4 Å². The van der Waals surface area contributed by atoms with Crippen LogP contribution in [0.25, 0.3) is 11.1 Å². The standard InChI is InChI=1S/C15H15F2N3O2/c1-3-22-13(21)5-9-10(6-19-7-11(9)16)14-12(18)4-8(2)20-15(14)17/h4,6-7H,3,5H2,1-2H3,(H2,18,20). The van der Waals surface area contributed by atoms with Gasteiger partial charge in [-0.05, 0) is 19.9 Å². The van der Waals surface area contributed by atoms with Crippen LogP contribution in [0, 0.1) is 18.7 Å². The third-order valence-electron chi connectivity index (χ3n) is 3.03. The highest BCUT2D eigenvalue weighted by Gasteiger charge is 2.20. The molecule has 2 rings (SSSR count). The number of esters is 1. The number of rotatable bonds is 4. The van der Waals surface area contributed by atoms with E-state index in [4.69, 9.17) is 10.5 Å². The zero-order valence-corrected chi connectivity index (χ0v) is 12.2. The Kier molecular flexibility index (Phi) is 4.65. The summed E-state index contributed by atoms with van der Waals surface area (Å²) in [5, 5.41) is 0. The molecule has 0 aromatic carbocycles. The molecule has 2 aromatic heterocycles. The first kappa shape index (κ1) is 15.8. The normalized spacial score (nSPS) is 10.5. The maximum atomic E-state index is 14.1. The zero-order valence-electron chi connectivity index (χ0n) is 12.2. The fraction of sp³-hybridized carbons (Fsp3) is 0.267. The number of halogens is 2. The number of pyridine rings is 2. The van der Waals surface area contributed by atoms with Crippen molar-refractivity contribution in [2.45, 2.75) is 20.3 Å². The van der Waals surface area contributed by atoms with Crippen LogP contribution < -0.4 is 5.73 Å². The Bertz CT molecular complexity index is 697. The van der Waals surface area contributed by atoms with Crippen LogP contribution in [0.15, 0.2) is 18.5 Å². The largest absolute Gasteiger partial charge is 0.466 e. The molecule has 0 aliphatic heterocycles. The summed E-state index contributed by atoms with van der Waals surface area (Å²) < 4.78 is 33.0. The van der Waals surface area contributed by atoms with Crippen LogP contribution in [-0.2, 0) is 16.0 Å². The van der Waals surface area contributed by atoms with Crippen LogP contribution in [0.2, 0.25) is 0 Å². The van der Waals surface area contributed by atoms with E-state index in [0.29, 0.717) is 5.69 Å². The van der Waals surface area contributed by atoms with Gasteiger partial charge in [-0.1, -0.05) is 0 Å². The molecule has 0 fully saturated rings. The maximum Gasteiger partial charge on any atom is 0.310 e. The second kappa shape index (κ2) is 6.46. The molecule has 2 N–H and O–H groups in total. The molecular weight excluding hydrogens is 292 g/mol. The van der Waals surface area contributed by atoms with Gasteiger partial charge in [-0.2, -0.15) is 4.39 Å². The van der Waals surface area contributed by atoms with E-state index in [1.807, 2.05) is 0 Å². The average molecular weight is 307 g/mol. The molecule has 0 bridgehead atoms. The third kappa shape index (κ3) is 3.19. The van der Waals surface area contributed by atoms with Crippen molar-refractivity contribution in [3.8, 4) is 11.1 Å². The summed E-state index contributed by atoms with van der Waals surface area (Å²) in [6.45, 7) is 3.40. The summed E-state index contributed by atoms with van der Waals surface area (Å²) >= 11 is 0. The van der Waals surface area contributed by atoms with Crippen LogP contribution >= 0.6 is 0 Å². The molecular formula is C15H15F2N3O2. The number of nitrogens with two attached hydrogens (primary N) is 1. The van der Waals surface area contributed by atoms with Crippen molar-refractivity contribution in [1.29, 1.82) is 0 Å². The van der Waals surface area contributed by atoms with Crippen molar-refractivity contribution < 1.29 is 18.3 Å². The van der Waals surface area contributed by atoms with Gasteiger partial charge in [0.25, 0.3) is 0 Å². The molecule has 0 saturated carbocycles. The monoisotopic (exact) mass is 307 g/mol. The summed E-state index contributed by atoms with van der Waals surface area (Å²) in [5.74, 6) is -2.19. The molecule has 0 radical (unpaired) electrons. The molecule has 0 amide bonds. The SMILES string of the molecule is CCOC(=O)Cc1c(F)cncc1-c1c(N)cc(C)nc1F. The van der Waals surface area contributed by atoms with E-state index in [9.17, 15) is 13.6 Å². The number of hydrogen-bond donors (Lipinski definition) is 1. The fourth-order valence-corrected chi connectivity index (χ4v) is 2.14. The van der Waals surface area contributed by atoms with Gasteiger partial charge in [-0.15, -0.1) is 0 Å². The molecule has 0 saturated heterocycles. The highest BCUT2D eigenvalue weighted by Crippen LogP contribution is 2.32. The zero-order chi connectivity index (χ0) is 16.3. The molecule has 5 nitrogen and oxygen atoms in total. The van der Waals surface area contributed by atoms with Gasteiger partial charge in [0.1, 0.15) is 5.82 Å². The Morgan fingerprint density at radius 3 is 2.73 bits per heavy atom. The smallest absolute Gasteiger partial charge is 0.310 e. The number of ether oxygens (including phenoxy) is 1.